The summed E-state index contributed by atoms with van der Waals surface area (Å²) in [6.45, 7) is 1.07. The van der Waals surface area contributed by atoms with Crippen LogP contribution < -0.4 is 5.73 Å². The van der Waals surface area contributed by atoms with Gasteiger partial charge in [-0.1, -0.05) is 36.8 Å². The second-order valence-corrected chi connectivity index (χ2v) is 11.1. The normalized spacial score (nSPS) is 18.4. The van der Waals surface area contributed by atoms with Crippen molar-refractivity contribution in [3.05, 3.63) is 71.3 Å². The van der Waals surface area contributed by atoms with Crippen molar-refractivity contribution in [2.45, 2.75) is 24.2 Å². The first-order valence-electron chi connectivity index (χ1n) is 11.0. The van der Waals surface area contributed by atoms with Crippen molar-refractivity contribution in [2.75, 3.05) is 13.1 Å². The fraction of sp³-hybridized carbons (Fsp3) is 0.208. The fourth-order valence-electron chi connectivity index (χ4n) is 4.06. The maximum Gasteiger partial charge on any atom is 0.286 e. The Morgan fingerprint density at radius 1 is 1.00 bits per heavy atom. The Bertz CT molecular complexity index is 1410. The molecule has 1 aromatic heterocycles. The Morgan fingerprint density at radius 2 is 1.76 bits per heavy atom. The lowest BCUT2D eigenvalue weighted by Crippen LogP contribution is -2.35. The zero-order valence-electron chi connectivity index (χ0n) is 18.3. The van der Waals surface area contributed by atoms with E-state index in [1.54, 1.807) is 33.3 Å². The maximum absolute atomic E-state index is 13.3. The van der Waals surface area contributed by atoms with Crippen LogP contribution in [0.5, 0.6) is 0 Å². The number of benzene rings is 2. The number of rotatable bonds is 5. The van der Waals surface area contributed by atoms with Gasteiger partial charge in [0.1, 0.15) is 5.69 Å². The summed E-state index contributed by atoms with van der Waals surface area (Å²) in [5.74, 6) is -0.401. The molecule has 2 aliphatic heterocycles. The van der Waals surface area contributed by atoms with Crippen LogP contribution in [0.15, 0.2) is 75.6 Å². The molecule has 3 aromatic rings. The third-order valence-electron chi connectivity index (χ3n) is 5.75. The largest absolute Gasteiger partial charge is 0.378 e. The van der Waals surface area contributed by atoms with Crippen LogP contribution in [0.1, 0.15) is 24.8 Å². The van der Waals surface area contributed by atoms with Gasteiger partial charge in [-0.25, -0.2) is 13.1 Å². The number of hydrogen-bond donors (Lipinski definition) is 1. The van der Waals surface area contributed by atoms with Crippen LogP contribution in [-0.2, 0) is 14.8 Å². The molecule has 34 heavy (non-hydrogen) atoms. The van der Waals surface area contributed by atoms with Gasteiger partial charge < -0.3 is 5.73 Å². The third kappa shape index (κ3) is 4.44. The molecular formula is C24H23N5O3S2. The van der Waals surface area contributed by atoms with E-state index in [0.717, 1.165) is 36.7 Å². The lowest BCUT2D eigenvalue weighted by molar-refractivity contribution is -0.113. The number of aromatic nitrogens is 2. The summed E-state index contributed by atoms with van der Waals surface area (Å²) in [5, 5.41) is 4.94. The van der Waals surface area contributed by atoms with Gasteiger partial charge in [-0.15, -0.1) is 0 Å². The van der Waals surface area contributed by atoms with Gasteiger partial charge in [0, 0.05) is 30.4 Å². The summed E-state index contributed by atoms with van der Waals surface area (Å²) in [6.07, 6.45) is 6.30. The summed E-state index contributed by atoms with van der Waals surface area (Å²) < 4.78 is 29.8. The van der Waals surface area contributed by atoms with Crippen molar-refractivity contribution < 1.29 is 13.2 Å². The standard InChI is InChI=1S/C24H23N5O3S2/c25-24-26-23(30)21(33-24)15-18-16-29(19-9-3-1-4-10-19)27-22(18)17-8-7-11-20(14-17)34(31,32)28-12-5-2-6-13-28/h1,3-4,7-11,14-16H,2,5-6,12-13H2,(H2,25,26,30)/b21-15-. The number of para-hydroxylation sites is 1. The number of sulfonamides is 1. The molecule has 0 saturated carbocycles. The van der Waals surface area contributed by atoms with Gasteiger partial charge in [0.2, 0.25) is 10.0 Å². The highest BCUT2D eigenvalue weighted by atomic mass is 32.2. The molecule has 1 saturated heterocycles. The van der Waals surface area contributed by atoms with Crippen molar-refractivity contribution in [3.63, 3.8) is 0 Å². The number of nitrogens with two attached hydrogens (primary N) is 1. The molecule has 0 radical (unpaired) electrons. The van der Waals surface area contributed by atoms with Crippen LogP contribution in [0.2, 0.25) is 0 Å². The molecule has 0 unspecified atom stereocenters. The van der Waals surface area contributed by atoms with E-state index in [-0.39, 0.29) is 10.1 Å². The summed E-state index contributed by atoms with van der Waals surface area (Å²) in [5.41, 5.74) is 8.42. The van der Waals surface area contributed by atoms with Gasteiger partial charge in [-0.3, -0.25) is 4.79 Å². The van der Waals surface area contributed by atoms with Crippen LogP contribution in [0, 0.1) is 0 Å². The summed E-state index contributed by atoms with van der Waals surface area (Å²) in [7, 11) is -3.60. The van der Waals surface area contributed by atoms with E-state index >= 15 is 0 Å². The number of amides is 1. The number of amidine groups is 1. The minimum Gasteiger partial charge on any atom is -0.378 e. The highest BCUT2D eigenvalue weighted by molar-refractivity contribution is 8.18. The third-order valence-corrected chi connectivity index (χ3v) is 8.45. The fourth-order valence-corrected chi connectivity index (χ4v) is 6.29. The number of thioether (sulfide) groups is 1. The van der Waals surface area contributed by atoms with Crippen molar-refractivity contribution in [2.24, 2.45) is 10.7 Å². The van der Waals surface area contributed by atoms with E-state index in [4.69, 9.17) is 10.8 Å². The monoisotopic (exact) mass is 493 g/mol. The molecule has 0 spiro atoms. The smallest absolute Gasteiger partial charge is 0.286 e. The van der Waals surface area contributed by atoms with E-state index in [2.05, 4.69) is 4.99 Å². The number of carbonyl (C=O) groups excluding carboxylic acids is 1. The SMILES string of the molecule is NC1=NC(=O)/C(=C/c2cn(-c3ccccc3)nc2-c2cccc(S(=O)(=O)N3CCCCC3)c2)S1. The number of nitrogens with zero attached hydrogens (tertiary/aromatic N) is 4. The Labute approximate surface area is 202 Å². The maximum atomic E-state index is 13.3. The average molecular weight is 494 g/mol. The predicted molar refractivity (Wildman–Crippen MR) is 134 cm³/mol. The van der Waals surface area contributed by atoms with Crippen LogP contribution in [0.25, 0.3) is 23.0 Å². The molecule has 174 valence electrons. The number of carbonyl (C=O) groups is 1. The molecule has 0 aliphatic carbocycles. The Kier molecular flexibility index (Phi) is 6.11. The molecule has 1 fully saturated rings. The molecule has 0 atom stereocenters. The molecule has 1 amide bonds. The molecule has 2 aliphatic rings. The van der Waals surface area contributed by atoms with Crippen molar-refractivity contribution in [1.82, 2.24) is 14.1 Å². The van der Waals surface area contributed by atoms with Crippen LogP contribution in [-0.4, -0.2) is 46.7 Å². The van der Waals surface area contributed by atoms with Gasteiger partial charge in [0.25, 0.3) is 5.91 Å². The molecule has 10 heteroatoms. The Balaban J connectivity index is 1.59. The summed E-state index contributed by atoms with van der Waals surface area (Å²) in [6, 6.07) is 16.4. The van der Waals surface area contributed by atoms with Crippen molar-refractivity contribution in [3.8, 4) is 16.9 Å². The lowest BCUT2D eigenvalue weighted by Gasteiger charge is -2.26. The first kappa shape index (κ1) is 22.6. The average Bonchev–Trinajstić information content (AvgIpc) is 3.42. The number of piperidine rings is 1. The van der Waals surface area contributed by atoms with E-state index in [0.29, 0.717) is 34.8 Å². The lowest BCUT2D eigenvalue weighted by atomic mass is 10.1. The van der Waals surface area contributed by atoms with Crippen molar-refractivity contribution >= 4 is 38.9 Å². The van der Waals surface area contributed by atoms with Crippen LogP contribution >= 0.6 is 11.8 Å². The summed E-state index contributed by atoms with van der Waals surface area (Å²) >= 11 is 1.10. The second kappa shape index (κ2) is 9.21. The van der Waals surface area contributed by atoms with E-state index in [9.17, 15) is 13.2 Å². The second-order valence-electron chi connectivity index (χ2n) is 8.07. The first-order chi connectivity index (χ1) is 16.4. The van der Waals surface area contributed by atoms with Crippen LogP contribution in [0.3, 0.4) is 0 Å². The zero-order valence-corrected chi connectivity index (χ0v) is 19.9. The summed E-state index contributed by atoms with van der Waals surface area (Å²) in [4.78, 5) is 16.6. The quantitative estimate of drug-likeness (QED) is 0.543. The molecule has 5 rings (SSSR count). The molecule has 0 bridgehead atoms. The predicted octanol–water partition coefficient (Wildman–Crippen LogP) is 3.64. The number of hydrogen-bond acceptors (Lipinski definition) is 6. The molecule has 2 aromatic carbocycles. The van der Waals surface area contributed by atoms with Gasteiger partial charge in [0.15, 0.2) is 5.17 Å². The molecule has 8 nitrogen and oxygen atoms in total. The van der Waals surface area contributed by atoms with Crippen LogP contribution in [0.4, 0.5) is 0 Å². The van der Waals surface area contributed by atoms with E-state index in [1.165, 1.54) is 0 Å². The van der Waals surface area contributed by atoms with Gasteiger partial charge in [-0.2, -0.15) is 14.4 Å². The molecule has 3 heterocycles. The topological polar surface area (TPSA) is 111 Å². The van der Waals surface area contributed by atoms with Gasteiger partial charge in [0.05, 0.1) is 15.5 Å². The van der Waals surface area contributed by atoms with E-state index in [1.807, 2.05) is 42.6 Å². The highest BCUT2D eigenvalue weighted by Crippen LogP contribution is 2.32. The Hall–Kier alpha value is -3.21. The molecule has 2 N–H and O–H groups in total. The minimum absolute atomic E-state index is 0.197. The Morgan fingerprint density at radius 3 is 2.47 bits per heavy atom. The number of aliphatic imine (C=N–C) groups is 1. The highest BCUT2D eigenvalue weighted by Gasteiger charge is 2.27. The van der Waals surface area contributed by atoms with Gasteiger partial charge >= 0.3 is 0 Å². The van der Waals surface area contributed by atoms with Gasteiger partial charge in [-0.05, 0) is 54.9 Å². The first-order valence-corrected chi connectivity index (χ1v) is 13.2. The van der Waals surface area contributed by atoms with E-state index < -0.39 is 15.9 Å². The molecular weight excluding hydrogens is 470 g/mol. The van der Waals surface area contributed by atoms with Crippen molar-refractivity contribution in [1.29, 1.82) is 0 Å². The minimum atomic E-state index is -3.60. The zero-order chi connectivity index (χ0) is 23.7.